The molecule has 0 radical (unpaired) electrons. The third-order valence-corrected chi connectivity index (χ3v) is 5.00. The summed E-state index contributed by atoms with van der Waals surface area (Å²) in [5.74, 6) is 1.01. The van der Waals surface area contributed by atoms with Crippen molar-refractivity contribution in [3.05, 3.63) is 65.7 Å². The Hall–Kier alpha value is -1.80. The van der Waals surface area contributed by atoms with Crippen LogP contribution in [-0.2, 0) is 6.42 Å². The molecule has 2 aromatic rings. The number of benzene rings is 2. The Kier molecular flexibility index (Phi) is 5.35. The summed E-state index contributed by atoms with van der Waals surface area (Å²) in [7, 11) is 0. The molecule has 0 saturated heterocycles. The molecule has 2 N–H and O–H groups in total. The minimum absolute atomic E-state index is 0.360. The fourth-order valence-corrected chi connectivity index (χ4v) is 3.77. The molecule has 1 fully saturated rings. The maximum absolute atomic E-state index is 9.41. The van der Waals surface area contributed by atoms with Gasteiger partial charge in [0.2, 0.25) is 0 Å². The summed E-state index contributed by atoms with van der Waals surface area (Å²) in [4.78, 5) is 0. The molecule has 1 aliphatic rings. The van der Waals surface area contributed by atoms with Gasteiger partial charge in [0.05, 0.1) is 0 Å². The van der Waals surface area contributed by atoms with E-state index in [1.54, 1.807) is 0 Å². The van der Waals surface area contributed by atoms with Crippen LogP contribution in [0.4, 0.5) is 0 Å². The molecule has 0 spiro atoms. The monoisotopic (exact) mass is 309 g/mol. The van der Waals surface area contributed by atoms with E-state index in [1.165, 1.54) is 36.8 Å². The van der Waals surface area contributed by atoms with Crippen LogP contribution in [0.1, 0.15) is 49.7 Å². The van der Waals surface area contributed by atoms with Crippen LogP contribution in [0.2, 0.25) is 0 Å². The van der Waals surface area contributed by atoms with E-state index >= 15 is 0 Å². The summed E-state index contributed by atoms with van der Waals surface area (Å²) in [5.41, 5.74) is 2.78. The highest BCUT2D eigenvalue weighted by molar-refractivity contribution is 5.28. The highest BCUT2D eigenvalue weighted by Gasteiger charge is 2.23. The average molecular weight is 309 g/mol. The van der Waals surface area contributed by atoms with E-state index in [4.69, 9.17) is 0 Å². The van der Waals surface area contributed by atoms with Crippen LogP contribution in [-0.4, -0.2) is 17.2 Å². The second-order valence-corrected chi connectivity index (χ2v) is 6.90. The number of rotatable bonds is 5. The number of phenolic OH excluding ortho intramolecular Hbond substituents is 1. The van der Waals surface area contributed by atoms with E-state index in [1.807, 2.05) is 12.1 Å². The van der Waals surface area contributed by atoms with E-state index < -0.39 is 0 Å². The van der Waals surface area contributed by atoms with Crippen molar-refractivity contribution < 1.29 is 5.11 Å². The van der Waals surface area contributed by atoms with E-state index in [-0.39, 0.29) is 0 Å². The maximum Gasteiger partial charge on any atom is 0.115 e. The lowest BCUT2D eigenvalue weighted by Crippen LogP contribution is -2.39. The summed E-state index contributed by atoms with van der Waals surface area (Å²) in [6, 6.07) is 19.7. The van der Waals surface area contributed by atoms with Crippen molar-refractivity contribution in [2.75, 3.05) is 0 Å². The predicted octanol–water partition coefficient (Wildman–Crippen LogP) is 4.64. The maximum atomic E-state index is 9.41. The van der Waals surface area contributed by atoms with E-state index in [0.29, 0.717) is 23.8 Å². The fourth-order valence-electron chi connectivity index (χ4n) is 3.77. The van der Waals surface area contributed by atoms with Crippen molar-refractivity contribution in [1.82, 2.24) is 5.32 Å². The molecule has 1 saturated carbocycles. The lowest BCUT2D eigenvalue weighted by Gasteiger charge is -2.31. The van der Waals surface area contributed by atoms with Crippen molar-refractivity contribution in [2.45, 2.75) is 57.0 Å². The van der Waals surface area contributed by atoms with Crippen LogP contribution in [0.5, 0.6) is 5.75 Å². The number of nitrogens with one attached hydrogen (secondary N) is 1. The van der Waals surface area contributed by atoms with Gasteiger partial charge in [0.1, 0.15) is 5.75 Å². The van der Waals surface area contributed by atoms with Crippen LogP contribution in [0.15, 0.2) is 54.6 Å². The quantitative estimate of drug-likeness (QED) is 0.843. The second-order valence-electron chi connectivity index (χ2n) is 6.90. The summed E-state index contributed by atoms with van der Waals surface area (Å²) in [6.45, 7) is 2.29. The Morgan fingerprint density at radius 1 is 0.957 bits per heavy atom. The molecule has 1 aliphatic carbocycles. The van der Waals surface area contributed by atoms with Crippen molar-refractivity contribution in [2.24, 2.45) is 0 Å². The van der Waals surface area contributed by atoms with Gasteiger partial charge in [-0.15, -0.1) is 0 Å². The number of hydrogen-bond acceptors (Lipinski definition) is 2. The highest BCUT2D eigenvalue weighted by Crippen LogP contribution is 2.33. The fraction of sp³-hybridized carbons (Fsp3) is 0.429. The standard InChI is InChI=1S/C21H27NO/c1-16(15-17-5-3-2-4-6-17)22-20-11-7-18(8-12-20)19-9-13-21(23)14-10-19/h2-6,9-10,13-14,16,18,20,22-23H,7-8,11-12,15H2,1H3/t16?,18-,20-. The second kappa shape index (κ2) is 7.65. The first-order valence-corrected chi connectivity index (χ1v) is 8.79. The first-order chi connectivity index (χ1) is 11.2. The molecule has 2 aromatic carbocycles. The van der Waals surface area contributed by atoms with Crippen molar-refractivity contribution in [3.63, 3.8) is 0 Å². The van der Waals surface area contributed by atoms with Gasteiger partial charge in [-0.05, 0) is 68.2 Å². The average Bonchev–Trinajstić information content (AvgIpc) is 2.57. The first kappa shape index (κ1) is 16.1. The van der Waals surface area contributed by atoms with E-state index in [0.717, 1.165) is 6.42 Å². The molecule has 1 atom stereocenters. The van der Waals surface area contributed by atoms with E-state index in [9.17, 15) is 5.11 Å². The summed E-state index contributed by atoms with van der Waals surface area (Å²) in [6.07, 6.45) is 6.05. The third-order valence-electron chi connectivity index (χ3n) is 5.00. The SMILES string of the molecule is CC(Cc1ccccc1)N[C@H]1CC[C@H](c2ccc(O)cc2)CC1. The number of hydrogen-bond donors (Lipinski definition) is 2. The molecule has 0 amide bonds. The van der Waals surface area contributed by atoms with Crippen LogP contribution < -0.4 is 5.32 Å². The van der Waals surface area contributed by atoms with Gasteiger partial charge >= 0.3 is 0 Å². The van der Waals surface area contributed by atoms with Crippen LogP contribution in [0, 0.1) is 0 Å². The molecule has 122 valence electrons. The van der Waals surface area contributed by atoms with Gasteiger partial charge in [0.25, 0.3) is 0 Å². The molecule has 0 heterocycles. The summed E-state index contributed by atoms with van der Waals surface area (Å²) in [5, 5.41) is 13.2. The topological polar surface area (TPSA) is 32.3 Å². The van der Waals surface area contributed by atoms with Crippen molar-refractivity contribution in [1.29, 1.82) is 0 Å². The third kappa shape index (κ3) is 4.59. The zero-order chi connectivity index (χ0) is 16.1. The molecule has 1 unspecified atom stereocenters. The molecule has 2 heteroatoms. The Bertz CT molecular complexity index is 585. The molecule has 0 aromatic heterocycles. The number of aromatic hydroxyl groups is 1. The Labute approximate surface area is 139 Å². The lowest BCUT2D eigenvalue weighted by molar-refractivity contribution is 0.319. The smallest absolute Gasteiger partial charge is 0.115 e. The summed E-state index contributed by atoms with van der Waals surface area (Å²) < 4.78 is 0. The molecule has 2 nitrogen and oxygen atoms in total. The van der Waals surface area contributed by atoms with E-state index in [2.05, 4.69) is 54.7 Å². The summed E-state index contributed by atoms with van der Waals surface area (Å²) >= 11 is 0. The number of phenols is 1. The van der Waals surface area contributed by atoms with Crippen LogP contribution in [0.3, 0.4) is 0 Å². The minimum atomic E-state index is 0.360. The van der Waals surface area contributed by atoms with Gasteiger partial charge in [-0.3, -0.25) is 0 Å². The van der Waals surface area contributed by atoms with Crippen molar-refractivity contribution in [3.8, 4) is 5.75 Å². The van der Waals surface area contributed by atoms with Crippen molar-refractivity contribution >= 4 is 0 Å². The minimum Gasteiger partial charge on any atom is -0.508 e. The molecular weight excluding hydrogens is 282 g/mol. The Morgan fingerprint density at radius 3 is 2.26 bits per heavy atom. The molecule has 23 heavy (non-hydrogen) atoms. The zero-order valence-corrected chi connectivity index (χ0v) is 13.9. The van der Waals surface area contributed by atoms with Gasteiger partial charge in [0, 0.05) is 12.1 Å². The Morgan fingerprint density at radius 2 is 1.61 bits per heavy atom. The molecule has 0 bridgehead atoms. The lowest BCUT2D eigenvalue weighted by atomic mass is 9.81. The first-order valence-electron chi connectivity index (χ1n) is 8.79. The molecule has 0 aliphatic heterocycles. The van der Waals surface area contributed by atoms with Gasteiger partial charge in [0.15, 0.2) is 0 Å². The molecular formula is C21H27NO. The van der Waals surface area contributed by atoms with Gasteiger partial charge in [-0.1, -0.05) is 42.5 Å². The van der Waals surface area contributed by atoms with Crippen LogP contribution >= 0.6 is 0 Å². The highest BCUT2D eigenvalue weighted by atomic mass is 16.3. The van der Waals surface area contributed by atoms with Gasteiger partial charge < -0.3 is 10.4 Å². The predicted molar refractivity (Wildman–Crippen MR) is 95.8 cm³/mol. The van der Waals surface area contributed by atoms with Gasteiger partial charge in [-0.25, -0.2) is 0 Å². The zero-order valence-electron chi connectivity index (χ0n) is 13.9. The van der Waals surface area contributed by atoms with Crippen LogP contribution in [0.25, 0.3) is 0 Å². The van der Waals surface area contributed by atoms with Gasteiger partial charge in [-0.2, -0.15) is 0 Å². The Balaban J connectivity index is 1.46. The largest absolute Gasteiger partial charge is 0.508 e. The normalized spacial score (nSPS) is 22.7. The molecule has 3 rings (SSSR count).